The van der Waals surface area contributed by atoms with Gasteiger partial charge in [-0.3, -0.25) is 0 Å². The molecule has 3 amide bonds. The second kappa shape index (κ2) is 3.88. The van der Waals surface area contributed by atoms with Crippen molar-refractivity contribution in [2.24, 2.45) is 5.73 Å². The lowest BCUT2D eigenvalue weighted by atomic mass is 11.0. The molecular formula is C2H7N3O3. The van der Waals surface area contributed by atoms with Crippen molar-refractivity contribution in [3.05, 3.63) is 0 Å². The first-order chi connectivity index (χ1) is 3.13. The Labute approximate surface area is 45.2 Å². The minimum absolute atomic E-state index is 0. The summed E-state index contributed by atoms with van der Waals surface area (Å²) in [5.41, 5.74) is 4.36. The largest absolute Gasteiger partial charge is 0.465 e. The zero-order valence-corrected chi connectivity index (χ0v) is 4.05. The van der Waals surface area contributed by atoms with Gasteiger partial charge in [0.05, 0.1) is 0 Å². The molecule has 0 radical (unpaired) electrons. The van der Waals surface area contributed by atoms with E-state index in [1.165, 1.54) is 5.32 Å². The summed E-state index contributed by atoms with van der Waals surface area (Å²) in [6, 6.07) is -1.06. The number of carbonyl (C=O) groups is 2. The molecule has 0 bridgehead atoms. The highest BCUT2D eigenvalue weighted by molar-refractivity contribution is 5.88. The van der Waals surface area contributed by atoms with Gasteiger partial charge in [-0.2, -0.15) is 0 Å². The minimum atomic E-state index is -1.44. The molecule has 0 aromatic carbocycles. The molecular weight excluding hydrogens is 114 g/mol. The molecule has 7 N–H and O–H groups in total. The standard InChI is InChI=1S/C2H4N2O3.H3N/c3-1(5)4-2(6)7;/h(H,6,7)(H3,3,4,5);1H3. The summed E-state index contributed by atoms with van der Waals surface area (Å²) in [6.07, 6.45) is -1.44. The SMILES string of the molecule is N.NC(=O)NC(=O)O. The van der Waals surface area contributed by atoms with E-state index in [1.54, 1.807) is 0 Å². The Bertz CT molecular complexity index is 88.7. The Balaban J connectivity index is 0. The molecule has 0 aromatic heterocycles. The fourth-order valence-corrected chi connectivity index (χ4v) is 0.105. The number of amides is 3. The number of urea groups is 1. The van der Waals surface area contributed by atoms with E-state index in [-0.39, 0.29) is 6.15 Å². The van der Waals surface area contributed by atoms with E-state index >= 15 is 0 Å². The highest BCUT2D eigenvalue weighted by Gasteiger charge is 1.94. The number of nitrogens with one attached hydrogen (secondary N) is 1. The first kappa shape index (κ1) is 9.85. The fraction of sp³-hybridized carbons (Fsp3) is 0. The van der Waals surface area contributed by atoms with E-state index < -0.39 is 12.1 Å². The lowest BCUT2D eigenvalue weighted by molar-refractivity contribution is 0.193. The maximum atomic E-state index is 9.54. The third kappa shape index (κ3) is 8.83. The van der Waals surface area contributed by atoms with E-state index in [1.807, 2.05) is 0 Å². The molecule has 8 heavy (non-hydrogen) atoms. The lowest BCUT2D eigenvalue weighted by Crippen LogP contribution is -2.33. The Kier molecular flexibility index (Phi) is 4.77. The van der Waals surface area contributed by atoms with Gasteiger partial charge in [0.15, 0.2) is 0 Å². The molecule has 0 unspecified atom stereocenters. The molecule has 0 aromatic rings. The van der Waals surface area contributed by atoms with Crippen molar-refractivity contribution in [3.63, 3.8) is 0 Å². The van der Waals surface area contributed by atoms with Crippen molar-refractivity contribution in [1.29, 1.82) is 0 Å². The van der Waals surface area contributed by atoms with Crippen LogP contribution in [0.25, 0.3) is 0 Å². The highest BCUT2D eigenvalue weighted by Crippen LogP contribution is 1.55. The predicted molar refractivity (Wildman–Crippen MR) is 25.8 cm³/mol. The van der Waals surface area contributed by atoms with Crippen LogP contribution in [-0.2, 0) is 0 Å². The summed E-state index contributed by atoms with van der Waals surface area (Å²) in [7, 11) is 0. The molecule has 0 aliphatic rings. The summed E-state index contributed by atoms with van der Waals surface area (Å²) in [5, 5.41) is 9.03. The molecule has 0 saturated carbocycles. The first-order valence-corrected chi connectivity index (χ1v) is 1.42. The Morgan fingerprint density at radius 2 is 1.88 bits per heavy atom. The quantitative estimate of drug-likeness (QED) is 0.344. The highest BCUT2D eigenvalue weighted by atomic mass is 16.4. The summed E-state index contributed by atoms with van der Waals surface area (Å²) in [6.45, 7) is 0. The Hall–Kier alpha value is -1.30. The van der Waals surface area contributed by atoms with Gasteiger partial charge in [-0.15, -0.1) is 0 Å². The number of carbonyl (C=O) groups excluding carboxylic acids is 1. The number of primary amides is 1. The van der Waals surface area contributed by atoms with Crippen LogP contribution in [0, 0.1) is 0 Å². The van der Waals surface area contributed by atoms with E-state index in [0.717, 1.165) is 0 Å². The molecule has 0 rings (SSSR count). The van der Waals surface area contributed by atoms with Crippen molar-refractivity contribution < 1.29 is 14.7 Å². The number of nitrogens with two attached hydrogens (primary N) is 1. The molecule has 48 valence electrons. The predicted octanol–water partition coefficient (Wildman–Crippen LogP) is -0.505. The van der Waals surface area contributed by atoms with Crippen LogP contribution >= 0.6 is 0 Å². The Morgan fingerprint density at radius 3 is 1.88 bits per heavy atom. The second-order valence-electron chi connectivity index (χ2n) is 0.794. The summed E-state index contributed by atoms with van der Waals surface area (Å²) < 4.78 is 0. The van der Waals surface area contributed by atoms with Crippen molar-refractivity contribution in [3.8, 4) is 0 Å². The average molecular weight is 121 g/mol. The monoisotopic (exact) mass is 121 g/mol. The van der Waals surface area contributed by atoms with Gasteiger partial charge in [-0.1, -0.05) is 0 Å². The summed E-state index contributed by atoms with van der Waals surface area (Å²) in [4.78, 5) is 18.9. The van der Waals surface area contributed by atoms with E-state index in [2.05, 4.69) is 5.73 Å². The normalized spacial score (nSPS) is 6.50. The topological polar surface area (TPSA) is 127 Å². The molecule has 0 aliphatic heterocycles. The van der Waals surface area contributed by atoms with Crippen molar-refractivity contribution in [1.82, 2.24) is 11.5 Å². The van der Waals surface area contributed by atoms with Gasteiger partial charge < -0.3 is 17.0 Å². The van der Waals surface area contributed by atoms with Gasteiger partial charge >= 0.3 is 12.1 Å². The molecule has 6 nitrogen and oxygen atoms in total. The summed E-state index contributed by atoms with van der Waals surface area (Å²) >= 11 is 0. The minimum Gasteiger partial charge on any atom is -0.465 e. The lowest BCUT2D eigenvalue weighted by Gasteiger charge is -1.86. The van der Waals surface area contributed by atoms with Gasteiger partial charge in [0.2, 0.25) is 0 Å². The van der Waals surface area contributed by atoms with Crippen LogP contribution in [0.4, 0.5) is 9.59 Å². The number of hydrogen-bond donors (Lipinski definition) is 4. The molecule has 0 heterocycles. The van der Waals surface area contributed by atoms with Gasteiger partial charge in [0, 0.05) is 0 Å². The van der Waals surface area contributed by atoms with Crippen molar-refractivity contribution in [2.45, 2.75) is 0 Å². The molecule has 0 aliphatic carbocycles. The average Bonchev–Trinajstić information content (AvgIpc) is 1.27. The Morgan fingerprint density at radius 1 is 1.50 bits per heavy atom. The van der Waals surface area contributed by atoms with E-state index in [9.17, 15) is 9.59 Å². The van der Waals surface area contributed by atoms with Crippen molar-refractivity contribution in [2.75, 3.05) is 0 Å². The smallest absolute Gasteiger partial charge is 0.412 e. The van der Waals surface area contributed by atoms with Crippen LogP contribution < -0.4 is 17.2 Å². The zero-order valence-electron chi connectivity index (χ0n) is 4.05. The number of hydrogen-bond acceptors (Lipinski definition) is 3. The molecule has 6 heteroatoms. The van der Waals surface area contributed by atoms with E-state index in [4.69, 9.17) is 5.11 Å². The van der Waals surface area contributed by atoms with Crippen LogP contribution in [0.5, 0.6) is 0 Å². The maximum Gasteiger partial charge on any atom is 0.412 e. The fourth-order valence-electron chi connectivity index (χ4n) is 0.105. The second-order valence-corrected chi connectivity index (χ2v) is 0.794. The number of carboxylic acid groups (broad SMARTS) is 1. The van der Waals surface area contributed by atoms with Gasteiger partial charge in [0.25, 0.3) is 0 Å². The molecule has 0 saturated heterocycles. The molecule has 0 spiro atoms. The van der Waals surface area contributed by atoms with Gasteiger partial charge in [0.1, 0.15) is 0 Å². The van der Waals surface area contributed by atoms with Crippen molar-refractivity contribution >= 4 is 12.1 Å². The number of imide groups is 1. The first-order valence-electron chi connectivity index (χ1n) is 1.42. The van der Waals surface area contributed by atoms with Crippen LogP contribution in [0.2, 0.25) is 0 Å². The summed E-state index contributed by atoms with van der Waals surface area (Å²) in [5.74, 6) is 0. The van der Waals surface area contributed by atoms with Crippen LogP contribution in [0.15, 0.2) is 0 Å². The third-order valence-electron chi connectivity index (χ3n) is 0.230. The van der Waals surface area contributed by atoms with E-state index in [0.29, 0.717) is 0 Å². The van der Waals surface area contributed by atoms with Crippen LogP contribution in [0.1, 0.15) is 0 Å². The van der Waals surface area contributed by atoms with Gasteiger partial charge in [-0.05, 0) is 0 Å². The van der Waals surface area contributed by atoms with Crippen LogP contribution in [0.3, 0.4) is 0 Å². The number of rotatable bonds is 0. The third-order valence-corrected chi connectivity index (χ3v) is 0.230. The zero-order chi connectivity index (χ0) is 5.86. The molecule has 0 fully saturated rings. The maximum absolute atomic E-state index is 9.54. The van der Waals surface area contributed by atoms with Crippen LogP contribution in [-0.4, -0.2) is 17.2 Å². The molecule has 0 atom stereocenters. The van der Waals surface area contributed by atoms with Gasteiger partial charge in [-0.25, -0.2) is 14.9 Å².